The zero-order valence-corrected chi connectivity index (χ0v) is 19.9. The van der Waals surface area contributed by atoms with Gasteiger partial charge in [-0.25, -0.2) is 4.68 Å². The lowest BCUT2D eigenvalue weighted by Crippen LogP contribution is -2.48. The maximum absolute atomic E-state index is 6.24. The van der Waals surface area contributed by atoms with Crippen LogP contribution in [-0.4, -0.2) is 51.2 Å². The molecule has 0 radical (unpaired) electrons. The first kappa shape index (κ1) is 21.5. The number of halogens is 1. The van der Waals surface area contributed by atoms with E-state index in [2.05, 4.69) is 20.4 Å². The van der Waals surface area contributed by atoms with Gasteiger partial charge in [0.25, 0.3) is 0 Å². The molecule has 2 aromatic heterocycles. The average Bonchev–Trinajstić information content (AvgIpc) is 3.36. The van der Waals surface area contributed by atoms with Gasteiger partial charge in [0.2, 0.25) is 11.8 Å². The molecule has 9 nitrogen and oxygen atoms in total. The number of methoxy groups -OCH3 is 1. The van der Waals surface area contributed by atoms with Crippen molar-refractivity contribution in [3.8, 4) is 11.6 Å². The predicted molar refractivity (Wildman–Crippen MR) is 128 cm³/mol. The lowest BCUT2D eigenvalue weighted by Gasteiger charge is -2.39. The van der Waals surface area contributed by atoms with Crippen molar-refractivity contribution in [1.82, 2.24) is 25.0 Å². The highest BCUT2D eigenvalue weighted by molar-refractivity contribution is 6.30. The largest absolute Gasteiger partial charge is 0.482 e. The molecule has 1 aromatic carbocycles. The Bertz CT molecular complexity index is 1160. The first-order valence-corrected chi connectivity index (χ1v) is 12.3. The molecule has 10 heteroatoms. The van der Waals surface area contributed by atoms with Gasteiger partial charge in [-0.2, -0.15) is 10.1 Å². The van der Waals surface area contributed by atoms with E-state index < -0.39 is 0 Å². The Morgan fingerprint density at radius 2 is 1.97 bits per heavy atom. The van der Waals surface area contributed by atoms with Crippen LogP contribution in [0.3, 0.4) is 0 Å². The topological polar surface area (TPSA) is 90.2 Å². The Morgan fingerprint density at radius 3 is 2.76 bits per heavy atom. The van der Waals surface area contributed by atoms with Gasteiger partial charge in [-0.1, -0.05) is 17.7 Å². The summed E-state index contributed by atoms with van der Waals surface area (Å²) in [4.78, 5) is 7.28. The third-order valence-corrected chi connectivity index (χ3v) is 7.46. The van der Waals surface area contributed by atoms with Crippen LogP contribution in [0.25, 0.3) is 0 Å². The third-order valence-electron chi connectivity index (χ3n) is 7.22. The normalized spacial score (nSPS) is 25.6. The van der Waals surface area contributed by atoms with E-state index in [4.69, 9.17) is 31.2 Å². The number of ether oxygens (including phenoxy) is 2. The molecule has 1 aliphatic carbocycles. The van der Waals surface area contributed by atoms with E-state index in [-0.39, 0.29) is 6.10 Å². The molecular weight excluding hydrogens is 454 g/mol. The van der Waals surface area contributed by atoms with E-state index in [1.54, 1.807) is 7.11 Å². The van der Waals surface area contributed by atoms with Gasteiger partial charge in [0.05, 0.1) is 19.0 Å². The molecule has 2 bridgehead atoms. The monoisotopic (exact) mass is 481 g/mol. The Morgan fingerprint density at radius 1 is 1.12 bits per heavy atom. The van der Waals surface area contributed by atoms with Gasteiger partial charge < -0.3 is 19.7 Å². The van der Waals surface area contributed by atoms with Crippen molar-refractivity contribution in [2.45, 2.75) is 44.4 Å². The zero-order valence-electron chi connectivity index (χ0n) is 19.1. The van der Waals surface area contributed by atoms with Crippen molar-refractivity contribution in [3.05, 3.63) is 47.4 Å². The molecule has 2 fully saturated rings. The summed E-state index contributed by atoms with van der Waals surface area (Å²) in [6, 6.07) is 9.85. The van der Waals surface area contributed by atoms with E-state index in [0.29, 0.717) is 34.7 Å². The summed E-state index contributed by atoms with van der Waals surface area (Å²) in [6.07, 6.45) is 6.01. The smallest absolute Gasteiger partial charge is 0.242 e. The number of hydrogen-bond donors (Lipinski definition) is 1. The summed E-state index contributed by atoms with van der Waals surface area (Å²) in [6.45, 7) is 2.80. The highest BCUT2D eigenvalue weighted by Gasteiger charge is 2.43. The number of aromatic nitrogens is 5. The van der Waals surface area contributed by atoms with Gasteiger partial charge in [0.1, 0.15) is 5.75 Å². The summed E-state index contributed by atoms with van der Waals surface area (Å²) >= 11 is 6.13. The number of rotatable bonds is 6. The van der Waals surface area contributed by atoms with Gasteiger partial charge >= 0.3 is 0 Å². The predicted octanol–water partition coefficient (Wildman–Crippen LogP) is 3.97. The second-order valence-corrected chi connectivity index (χ2v) is 9.79. The molecule has 1 saturated heterocycles. The van der Waals surface area contributed by atoms with Gasteiger partial charge in [-0.05, 0) is 55.7 Å². The fourth-order valence-electron chi connectivity index (χ4n) is 5.62. The molecule has 1 saturated carbocycles. The second-order valence-electron chi connectivity index (χ2n) is 9.35. The lowest BCUT2D eigenvalue weighted by atomic mass is 9.92. The van der Waals surface area contributed by atoms with Crippen LogP contribution in [0.2, 0.25) is 5.02 Å². The number of anilines is 2. The molecule has 34 heavy (non-hydrogen) atoms. The van der Waals surface area contributed by atoms with Crippen molar-refractivity contribution in [2.75, 3.05) is 30.4 Å². The maximum atomic E-state index is 6.24. The molecule has 4 atom stereocenters. The number of benzene rings is 1. The van der Waals surface area contributed by atoms with E-state index >= 15 is 0 Å². The van der Waals surface area contributed by atoms with Crippen LogP contribution in [0.1, 0.15) is 37.6 Å². The lowest BCUT2D eigenvalue weighted by molar-refractivity contribution is 0.155. The number of aryl methyl sites for hydroxylation is 1. The van der Waals surface area contributed by atoms with Crippen molar-refractivity contribution in [2.24, 2.45) is 11.8 Å². The Balaban J connectivity index is 1.16. The molecule has 3 aliphatic rings. The minimum absolute atomic E-state index is 0.122. The quantitative estimate of drug-likeness (QED) is 0.565. The van der Waals surface area contributed by atoms with Gasteiger partial charge in [0, 0.05) is 36.8 Å². The summed E-state index contributed by atoms with van der Waals surface area (Å²) in [5.74, 6) is 3.95. The third kappa shape index (κ3) is 4.13. The van der Waals surface area contributed by atoms with E-state index in [0.717, 1.165) is 49.7 Å². The van der Waals surface area contributed by atoms with E-state index in [1.807, 2.05) is 41.2 Å². The Labute approximate surface area is 203 Å². The molecule has 1 N–H and O–H groups in total. The first-order chi connectivity index (χ1) is 16.7. The highest BCUT2D eigenvalue weighted by atomic mass is 35.5. The van der Waals surface area contributed by atoms with E-state index in [9.17, 15) is 0 Å². The standard InChI is InChI=1S/C24H28ClN7O2/c1-33-21-11-18(12-26-29-21)31-13-15-7-8-16(14-31)22(15)27-24-28-23-20(6-3-9-32(23)30-24)34-19-5-2-4-17(25)10-19/h2,4-5,10-12,15-16,20,22H,3,6-9,13-14H2,1H3,(H,27,30)/t15-,16+,20-,22?/m0/s1. The summed E-state index contributed by atoms with van der Waals surface area (Å²) in [7, 11) is 1.62. The molecule has 2 aliphatic heterocycles. The van der Waals surface area contributed by atoms with Crippen LogP contribution in [-0.2, 0) is 6.54 Å². The van der Waals surface area contributed by atoms with Gasteiger partial charge in [-0.15, -0.1) is 10.2 Å². The van der Waals surface area contributed by atoms with Crippen LogP contribution in [0.4, 0.5) is 11.6 Å². The van der Waals surface area contributed by atoms with Crippen molar-refractivity contribution in [1.29, 1.82) is 0 Å². The molecule has 1 unspecified atom stereocenters. The van der Waals surface area contributed by atoms with Gasteiger partial charge in [0.15, 0.2) is 11.9 Å². The van der Waals surface area contributed by atoms with Crippen LogP contribution >= 0.6 is 11.6 Å². The zero-order chi connectivity index (χ0) is 23.1. The SMILES string of the molecule is COc1cc(N2C[C@H]3CC[C@@H](C2)C3Nc2nc3n(n2)CCC[C@@H]3Oc2cccc(Cl)c2)cnn1. The van der Waals surface area contributed by atoms with Crippen LogP contribution < -0.4 is 19.7 Å². The molecule has 3 aromatic rings. The Kier molecular flexibility index (Phi) is 5.64. The number of nitrogens with one attached hydrogen (secondary N) is 1. The van der Waals surface area contributed by atoms with Crippen LogP contribution in [0.15, 0.2) is 36.5 Å². The van der Waals surface area contributed by atoms with Gasteiger partial charge in [-0.3, -0.25) is 0 Å². The molecular formula is C24H28ClN7O2. The van der Waals surface area contributed by atoms with E-state index in [1.165, 1.54) is 12.8 Å². The van der Waals surface area contributed by atoms with Crippen molar-refractivity contribution >= 4 is 23.2 Å². The summed E-state index contributed by atoms with van der Waals surface area (Å²) in [5, 5.41) is 17.2. The molecule has 6 rings (SSSR count). The van der Waals surface area contributed by atoms with Crippen LogP contribution in [0.5, 0.6) is 11.6 Å². The molecule has 178 valence electrons. The fourth-order valence-corrected chi connectivity index (χ4v) is 5.80. The minimum atomic E-state index is -0.122. The maximum Gasteiger partial charge on any atom is 0.242 e. The second kappa shape index (κ2) is 8.94. The molecule has 4 heterocycles. The average molecular weight is 482 g/mol. The Hall–Kier alpha value is -3.07. The number of fused-ring (bicyclic) bond motifs is 3. The first-order valence-electron chi connectivity index (χ1n) is 11.9. The summed E-state index contributed by atoms with van der Waals surface area (Å²) < 4.78 is 13.5. The van der Waals surface area contributed by atoms with Crippen LogP contribution in [0, 0.1) is 11.8 Å². The molecule has 0 spiro atoms. The highest BCUT2D eigenvalue weighted by Crippen LogP contribution is 2.40. The van der Waals surface area contributed by atoms with Crippen molar-refractivity contribution < 1.29 is 9.47 Å². The van der Waals surface area contributed by atoms with Crippen molar-refractivity contribution in [3.63, 3.8) is 0 Å². The fraction of sp³-hybridized carbons (Fsp3) is 0.500. The number of piperidine rings is 1. The number of nitrogens with zero attached hydrogens (tertiary/aromatic N) is 6. The minimum Gasteiger partial charge on any atom is -0.482 e. The summed E-state index contributed by atoms with van der Waals surface area (Å²) in [5.41, 5.74) is 1.07. The molecule has 0 amide bonds. The number of hydrogen-bond acceptors (Lipinski definition) is 8.